The fourth-order valence-electron chi connectivity index (χ4n) is 4.38. The number of pyridine rings is 1. The lowest BCUT2D eigenvalue weighted by Gasteiger charge is -2.39. The van der Waals surface area contributed by atoms with Crippen LogP contribution in [0.15, 0.2) is 47.5 Å². The summed E-state index contributed by atoms with van der Waals surface area (Å²) in [4.78, 5) is 38.8. The van der Waals surface area contributed by atoms with Gasteiger partial charge < -0.3 is 25.0 Å². The number of piperazine rings is 1. The van der Waals surface area contributed by atoms with Crippen LogP contribution in [0.4, 0.5) is 24.1 Å². The molecule has 10 nitrogen and oxygen atoms in total. The van der Waals surface area contributed by atoms with Crippen molar-refractivity contribution in [3.63, 3.8) is 0 Å². The van der Waals surface area contributed by atoms with E-state index in [1.165, 1.54) is 36.2 Å². The van der Waals surface area contributed by atoms with Gasteiger partial charge in [-0.2, -0.15) is 0 Å². The van der Waals surface area contributed by atoms with E-state index in [0.717, 1.165) is 42.2 Å². The zero-order valence-corrected chi connectivity index (χ0v) is 23.6. The molecule has 2 saturated heterocycles. The molecular weight excluding hydrogens is 581 g/mol. The maximum Gasteiger partial charge on any atom is 0.573 e. The van der Waals surface area contributed by atoms with Crippen molar-refractivity contribution in [3.8, 4) is 5.75 Å². The Labute approximate surface area is 242 Å². The summed E-state index contributed by atoms with van der Waals surface area (Å²) in [6.07, 6.45) is -1.90. The molecule has 0 saturated carbocycles. The lowest BCUT2D eigenvalue weighted by Crippen LogP contribution is -2.56. The zero-order valence-electron chi connectivity index (χ0n) is 21.9. The quantitative estimate of drug-likeness (QED) is 0.344. The van der Waals surface area contributed by atoms with E-state index in [0.29, 0.717) is 28.8 Å². The van der Waals surface area contributed by atoms with E-state index >= 15 is 0 Å². The van der Waals surface area contributed by atoms with Crippen LogP contribution in [0.2, 0.25) is 0 Å². The fourth-order valence-corrected chi connectivity index (χ4v) is 6.31. The summed E-state index contributed by atoms with van der Waals surface area (Å²) in [7, 11) is 0. The lowest BCUT2D eigenvalue weighted by atomic mass is 10.2. The van der Waals surface area contributed by atoms with Crippen LogP contribution in [0.1, 0.15) is 27.3 Å². The highest BCUT2D eigenvalue weighted by molar-refractivity contribution is 7.97. The van der Waals surface area contributed by atoms with Gasteiger partial charge in [0.2, 0.25) is 5.91 Å². The van der Waals surface area contributed by atoms with Crippen molar-refractivity contribution >= 4 is 46.1 Å². The van der Waals surface area contributed by atoms with Crippen LogP contribution >= 0.6 is 23.3 Å². The molecule has 41 heavy (non-hydrogen) atoms. The van der Waals surface area contributed by atoms with Crippen molar-refractivity contribution in [2.24, 2.45) is 0 Å². The third-order valence-electron chi connectivity index (χ3n) is 6.62. The first-order chi connectivity index (χ1) is 19.6. The number of hydrogen-bond acceptors (Lipinski definition) is 10. The Morgan fingerprint density at radius 3 is 2.46 bits per heavy atom. The van der Waals surface area contributed by atoms with Crippen molar-refractivity contribution in [2.75, 3.05) is 42.5 Å². The number of anilines is 2. The van der Waals surface area contributed by atoms with Gasteiger partial charge in [0.25, 0.3) is 0 Å². The zero-order chi connectivity index (χ0) is 29.1. The van der Waals surface area contributed by atoms with E-state index in [1.54, 1.807) is 13.1 Å². The van der Waals surface area contributed by atoms with Crippen molar-refractivity contribution in [3.05, 3.63) is 58.7 Å². The SMILES string of the molecule is Cc1nc(N2CCN(Sc3ccc(OC(F)(F)F)cc3)[C@@H](C(=O)NCc3ccc(N4CCC4)nc3)C2)sc1C(=O)O. The van der Waals surface area contributed by atoms with E-state index < -0.39 is 18.4 Å². The van der Waals surface area contributed by atoms with Crippen LogP contribution in [-0.4, -0.2) is 76.4 Å². The minimum atomic E-state index is -4.78. The number of alkyl halides is 3. The number of carboxylic acid groups (broad SMARTS) is 1. The number of carbonyl (C=O) groups excluding carboxylic acids is 1. The topological polar surface area (TPSA) is 111 Å². The highest BCUT2D eigenvalue weighted by atomic mass is 32.2. The molecule has 218 valence electrons. The number of nitrogens with zero attached hydrogens (tertiary/aromatic N) is 5. The Hall–Kier alpha value is -3.56. The third kappa shape index (κ3) is 7.21. The van der Waals surface area contributed by atoms with Crippen LogP contribution in [0.5, 0.6) is 5.75 Å². The van der Waals surface area contributed by atoms with Crippen LogP contribution in [0.3, 0.4) is 0 Å². The van der Waals surface area contributed by atoms with Gasteiger partial charge in [-0.1, -0.05) is 17.4 Å². The highest BCUT2D eigenvalue weighted by Gasteiger charge is 2.35. The first-order valence-corrected chi connectivity index (χ1v) is 14.4. The molecule has 0 aliphatic carbocycles. The van der Waals surface area contributed by atoms with Crippen molar-refractivity contribution in [2.45, 2.75) is 37.2 Å². The van der Waals surface area contributed by atoms with Gasteiger partial charge in [-0.05, 0) is 61.2 Å². The third-order valence-corrected chi connectivity index (χ3v) is 8.98. The number of aromatic nitrogens is 2. The van der Waals surface area contributed by atoms with Gasteiger partial charge >= 0.3 is 12.3 Å². The molecule has 0 radical (unpaired) electrons. The molecule has 1 amide bonds. The normalized spacial score (nSPS) is 17.7. The monoisotopic (exact) mass is 608 g/mol. The van der Waals surface area contributed by atoms with Crippen molar-refractivity contribution in [1.29, 1.82) is 0 Å². The van der Waals surface area contributed by atoms with Crippen LogP contribution in [0.25, 0.3) is 0 Å². The van der Waals surface area contributed by atoms with E-state index in [1.807, 2.05) is 21.3 Å². The number of amides is 1. The molecule has 2 aliphatic heterocycles. The predicted octanol–water partition coefficient (Wildman–Crippen LogP) is 4.17. The molecule has 2 N–H and O–H groups in total. The smallest absolute Gasteiger partial charge is 0.477 e. The lowest BCUT2D eigenvalue weighted by molar-refractivity contribution is -0.274. The van der Waals surface area contributed by atoms with Crippen LogP contribution < -0.4 is 19.9 Å². The molecule has 0 spiro atoms. The van der Waals surface area contributed by atoms with Crippen molar-refractivity contribution < 1.29 is 32.6 Å². The van der Waals surface area contributed by atoms with E-state index in [4.69, 9.17) is 0 Å². The summed E-state index contributed by atoms with van der Waals surface area (Å²) < 4.78 is 43.5. The number of ether oxygens (including phenoxy) is 1. The molecule has 15 heteroatoms. The minimum Gasteiger partial charge on any atom is -0.477 e. The number of carboxylic acids is 1. The first kappa shape index (κ1) is 29.0. The minimum absolute atomic E-state index is 0.146. The van der Waals surface area contributed by atoms with Gasteiger partial charge in [0.05, 0.1) is 5.69 Å². The number of benzene rings is 1. The van der Waals surface area contributed by atoms with Gasteiger partial charge in [0.1, 0.15) is 22.5 Å². The van der Waals surface area contributed by atoms with Gasteiger partial charge in [0, 0.05) is 50.4 Å². The number of rotatable bonds is 9. The molecule has 0 bridgehead atoms. The average Bonchev–Trinajstić information content (AvgIpc) is 3.29. The van der Waals surface area contributed by atoms with E-state index in [-0.39, 0.29) is 29.6 Å². The molecule has 0 unspecified atom stereocenters. The van der Waals surface area contributed by atoms with Crippen LogP contribution in [-0.2, 0) is 11.3 Å². The second-order valence-corrected chi connectivity index (χ2v) is 11.6. The van der Waals surface area contributed by atoms with Crippen molar-refractivity contribution in [1.82, 2.24) is 19.6 Å². The summed E-state index contributed by atoms with van der Waals surface area (Å²) in [5, 5.41) is 12.9. The van der Waals surface area contributed by atoms with E-state index in [2.05, 4.69) is 24.9 Å². The maximum atomic E-state index is 13.5. The molecule has 1 atom stereocenters. The Balaban J connectivity index is 1.29. The largest absolute Gasteiger partial charge is 0.573 e. The number of thiazole rings is 1. The van der Waals surface area contributed by atoms with Gasteiger partial charge in [-0.3, -0.25) is 4.79 Å². The second-order valence-electron chi connectivity index (χ2n) is 9.51. The Bertz CT molecular complexity index is 1380. The molecule has 3 aromatic rings. The van der Waals surface area contributed by atoms with Crippen LogP contribution in [0, 0.1) is 6.92 Å². The summed E-state index contributed by atoms with van der Waals surface area (Å²) in [6, 6.07) is 8.65. The van der Waals surface area contributed by atoms with Gasteiger partial charge in [-0.15, -0.1) is 13.2 Å². The number of nitrogens with one attached hydrogen (secondary N) is 1. The summed E-state index contributed by atoms with van der Waals surface area (Å²) in [6.45, 7) is 5.00. The molecule has 2 aromatic heterocycles. The molecule has 5 rings (SSSR count). The molecule has 2 aliphatic rings. The predicted molar refractivity (Wildman–Crippen MR) is 148 cm³/mol. The molecular formula is C26H27F3N6O4S2. The number of aryl methyl sites for hydroxylation is 1. The Kier molecular flexibility index (Phi) is 8.56. The second kappa shape index (κ2) is 12.1. The molecule has 1 aromatic carbocycles. The number of aromatic carboxylic acids is 1. The Morgan fingerprint density at radius 1 is 1.12 bits per heavy atom. The standard InChI is InChI=1S/C26H27F3N6O4S2/c1-16-22(24(37)38)40-25(32-16)34-11-12-35(41-19-6-4-18(5-7-19)39-26(27,28)29)20(15-34)23(36)31-14-17-3-8-21(30-13-17)33-9-2-10-33/h3-8,13,20H,2,9-12,14-15H2,1H3,(H,31,36)(H,37,38)/t20-/m1/s1. The fraction of sp³-hybridized carbons (Fsp3) is 0.385. The first-order valence-electron chi connectivity index (χ1n) is 12.8. The number of carbonyl (C=O) groups is 2. The molecule has 2 fully saturated rings. The summed E-state index contributed by atoms with van der Waals surface area (Å²) in [5.74, 6) is -0.731. The average molecular weight is 609 g/mol. The van der Waals surface area contributed by atoms with E-state index in [9.17, 15) is 27.9 Å². The molecule has 4 heterocycles. The van der Waals surface area contributed by atoms with Gasteiger partial charge in [0.15, 0.2) is 5.13 Å². The summed E-state index contributed by atoms with van der Waals surface area (Å²) in [5.41, 5.74) is 1.25. The number of hydrogen-bond donors (Lipinski definition) is 2. The van der Waals surface area contributed by atoms with Gasteiger partial charge in [-0.25, -0.2) is 19.1 Å². The number of halogens is 3. The maximum absolute atomic E-state index is 13.5. The Morgan fingerprint density at radius 2 is 1.88 bits per heavy atom. The highest BCUT2D eigenvalue weighted by Crippen LogP contribution is 2.33. The summed E-state index contributed by atoms with van der Waals surface area (Å²) >= 11 is 2.31.